The van der Waals surface area contributed by atoms with Crippen LogP contribution >= 0.6 is 19.7 Å². The first kappa shape index (κ1) is 9.27. The van der Waals surface area contributed by atoms with Crippen LogP contribution in [0.25, 0.3) is 5.41 Å². The topological polar surface area (TPSA) is 22.3 Å². The molecule has 0 aliphatic rings. The van der Waals surface area contributed by atoms with E-state index < -0.39 is 0 Å². The van der Waals surface area contributed by atoms with E-state index in [2.05, 4.69) is 6.72 Å². The van der Waals surface area contributed by atoms with Gasteiger partial charge in [-0.3, -0.25) is 0 Å². The molecule has 0 amide bonds. The molecule has 0 radical (unpaired) electrons. The van der Waals surface area contributed by atoms with Gasteiger partial charge in [-0.15, -0.1) is 0 Å². The second-order valence-electron chi connectivity index (χ2n) is 0.0639. The zero-order valence-corrected chi connectivity index (χ0v) is 5.27. The predicted molar refractivity (Wildman–Crippen MR) is 22.2 cm³/mol. The summed E-state index contributed by atoms with van der Waals surface area (Å²) in [7, 11) is 9.72. The Morgan fingerprint density at radius 1 is 1.40 bits per heavy atom. The van der Waals surface area contributed by atoms with E-state index in [0.717, 1.165) is 0 Å². The summed E-state index contributed by atoms with van der Waals surface area (Å²) >= 11 is -0.368. The molecule has 0 saturated heterocycles. The molecule has 0 saturated carbocycles. The maximum atomic E-state index is 6.75. The third-order valence-electron chi connectivity index (χ3n) is 0. The van der Waals surface area contributed by atoms with Crippen molar-refractivity contribution >= 4 is 26.4 Å². The molecule has 5 heavy (non-hydrogen) atoms. The molecule has 0 N–H and O–H groups in total. The van der Waals surface area contributed by atoms with Crippen LogP contribution in [0.15, 0.2) is 0 Å². The Kier molecular flexibility index (Phi) is 39.2. The standard InChI is InChI=1S/CH2N.2ClH.V/c1-2;;;/h1H2;2*1H;/q-1;;;+2/p-2. The SMILES string of the molecule is C=[N-].[Cl][V][Cl]. The van der Waals surface area contributed by atoms with E-state index in [9.17, 15) is 0 Å². The average molecular weight is 150 g/mol. The van der Waals surface area contributed by atoms with Gasteiger partial charge in [0.15, 0.2) is 0 Å². The first-order valence-electron chi connectivity index (χ1n) is 0.654. The molecule has 0 spiro atoms. The zero-order valence-electron chi connectivity index (χ0n) is 2.36. The van der Waals surface area contributed by atoms with Crippen LogP contribution < -0.4 is 0 Å². The van der Waals surface area contributed by atoms with Crippen molar-refractivity contribution < 1.29 is 14.4 Å². The van der Waals surface area contributed by atoms with E-state index in [1.165, 1.54) is 0 Å². The van der Waals surface area contributed by atoms with E-state index in [1.54, 1.807) is 0 Å². The molecule has 31 valence electrons. The van der Waals surface area contributed by atoms with Crippen LogP contribution in [0.5, 0.6) is 0 Å². The summed E-state index contributed by atoms with van der Waals surface area (Å²) in [6, 6.07) is 0. The Balaban J connectivity index is 0. The first-order valence-corrected chi connectivity index (χ1v) is 4.50. The number of rotatable bonds is 0. The quantitative estimate of drug-likeness (QED) is 0.468. The summed E-state index contributed by atoms with van der Waals surface area (Å²) in [5.41, 5.74) is 0. The number of hydrogen-bond acceptors (Lipinski definition) is 0. The minimum absolute atomic E-state index is 0.368. The molecule has 0 atom stereocenters. The van der Waals surface area contributed by atoms with Crippen molar-refractivity contribution in [2.75, 3.05) is 0 Å². The Bertz CT molecular complexity index is 13.6. The van der Waals surface area contributed by atoms with Crippen molar-refractivity contribution in [3.05, 3.63) is 5.41 Å². The summed E-state index contributed by atoms with van der Waals surface area (Å²) in [6.45, 7) is 2.25. The van der Waals surface area contributed by atoms with E-state index in [4.69, 9.17) is 25.1 Å². The fraction of sp³-hybridized carbons (Fsp3) is 0. The van der Waals surface area contributed by atoms with Gasteiger partial charge in [-0.1, -0.05) is 0 Å². The monoisotopic (exact) mass is 149 g/mol. The summed E-state index contributed by atoms with van der Waals surface area (Å²) in [6.07, 6.45) is 0. The van der Waals surface area contributed by atoms with E-state index in [1.807, 2.05) is 0 Å². The minimum atomic E-state index is -0.368. The molecule has 0 aromatic rings. The van der Waals surface area contributed by atoms with Crippen molar-refractivity contribution in [3.8, 4) is 0 Å². The molecular formula is CH2Cl2NV-. The van der Waals surface area contributed by atoms with Gasteiger partial charge in [0.05, 0.1) is 0 Å². The van der Waals surface area contributed by atoms with Gasteiger partial charge in [-0.25, -0.2) is 6.72 Å². The zero-order chi connectivity index (χ0) is 4.71. The van der Waals surface area contributed by atoms with Gasteiger partial charge < -0.3 is 5.41 Å². The fourth-order valence-corrected chi connectivity index (χ4v) is 0. The Hall–Kier alpha value is 0.834. The Morgan fingerprint density at radius 3 is 1.40 bits per heavy atom. The molecule has 0 aliphatic heterocycles. The van der Waals surface area contributed by atoms with Crippen LogP contribution in [-0.4, -0.2) is 6.72 Å². The van der Waals surface area contributed by atoms with Crippen molar-refractivity contribution in [3.63, 3.8) is 0 Å². The van der Waals surface area contributed by atoms with Gasteiger partial charge in [0, 0.05) is 0 Å². The van der Waals surface area contributed by atoms with E-state index in [0.29, 0.717) is 0 Å². The average Bonchev–Trinajstić information content (AvgIpc) is 1.46. The molecule has 1 nitrogen and oxygen atoms in total. The van der Waals surface area contributed by atoms with Crippen LogP contribution in [0.1, 0.15) is 0 Å². The third-order valence-corrected chi connectivity index (χ3v) is 0. The van der Waals surface area contributed by atoms with Crippen LogP contribution in [0.2, 0.25) is 0 Å². The molecule has 0 aromatic carbocycles. The molecule has 0 unspecified atom stereocenters. The summed E-state index contributed by atoms with van der Waals surface area (Å²) < 4.78 is 0. The van der Waals surface area contributed by atoms with Gasteiger partial charge in [0.25, 0.3) is 0 Å². The molecule has 0 fully saturated rings. The van der Waals surface area contributed by atoms with Gasteiger partial charge in [-0.2, -0.15) is 0 Å². The van der Waals surface area contributed by atoms with Crippen LogP contribution in [-0.2, 0) is 14.4 Å². The summed E-state index contributed by atoms with van der Waals surface area (Å²) in [5.74, 6) is 0. The maximum absolute atomic E-state index is 6.75. The first-order chi connectivity index (χ1) is 2.41. The molecule has 0 aliphatic carbocycles. The van der Waals surface area contributed by atoms with E-state index in [-0.39, 0.29) is 14.4 Å². The van der Waals surface area contributed by atoms with Crippen LogP contribution in [0.4, 0.5) is 0 Å². The number of hydrogen-bond donors (Lipinski definition) is 0. The van der Waals surface area contributed by atoms with Gasteiger partial charge in [0.2, 0.25) is 0 Å². The Morgan fingerprint density at radius 2 is 1.40 bits per heavy atom. The van der Waals surface area contributed by atoms with Crippen molar-refractivity contribution in [2.45, 2.75) is 0 Å². The van der Waals surface area contributed by atoms with E-state index >= 15 is 0 Å². The molecule has 0 rings (SSSR count). The van der Waals surface area contributed by atoms with Gasteiger partial charge >= 0.3 is 34.1 Å². The van der Waals surface area contributed by atoms with Crippen molar-refractivity contribution in [1.29, 1.82) is 0 Å². The third kappa shape index (κ3) is 55.8. The summed E-state index contributed by atoms with van der Waals surface area (Å²) in [5, 5.41) is 6.75. The number of nitrogens with zero attached hydrogens (tertiary/aromatic N) is 1. The molecule has 0 aromatic heterocycles. The van der Waals surface area contributed by atoms with Gasteiger partial charge in [0.1, 0.15) is 0 Å². The second kappa shape index (κ2) is 21.1. The summed E-state index contributed by atoms with van der Waals surface area (Å²) in [4.78, 5) is 0. The van der Waals surface area contributed by atoms with Crippen LogP contribution in [0, 0.1) is 0 Å². The van der Waals surface area contributed by atoms with Crippen molar-refractivity contribution in [1.82, 2.24) is 0 Å². The second-order valence-corrected chi connectivity index (χ2v) is 2.37. The van der Waals surface area contributed by atoms with Crippen LogP contribution in [0.3, 0.4) is 0 Å². The molecular weight excluding hydrogens is 148 g/mol. The predicted octanol–water partition coefficient (Wildman–Crippen LogP) is 1.63. The molecule has 0 bridgehead atoms. The normalized spacial score (nSPS) is 3.60. The molecule has 0 heterocycles. The van der Waals surface area contributed by atoms with Crippen molar-refractivity contribution in [2.24, 2.45) is 0 Å². The van der Waals surface area contributed by atoms with Gasteiger partial charge in [-0.05, 0) is 0 Å². The molecule has 4 heteroatoms. The number of halogens is 2. The fourth-order valence-electron chi connectivity index (χ4n) is 0. The Labute approximate surface area is 46.4 Å².